The maximum absolute atomic E-state index is 14.0. The quantitative estimate of drug-likeness (QED) is 0.820. The van der Waals surface area contributed by atoms with Crippen LogP contribution in [0.15, 0.2) is 18.2 Å². The van der Waals surface area contributed by atoms with Gasteiger partial charge in [-0.15, -0.1) is 11.3 Å². The summed E-state index contributed by atoms with van der Waals surface area (Å²) in [7, 11) is 0. The summed E-state index contributed by atoms with van der Waals surface area (Å²) in [6, 6.07) is 4.88. The lowest BCUT2D eigenvalue weighted by Gasteiger charge is -2.33. The van der Waals surface area contributed by atoms with Crippen LogP contribution in [-0.2, 0) is 4.74 Å². The molecule has 0 radical (unpaired) electrons. The predicted octanol–water partition coefficient (Wildman–Crippen LogP) is 4.48. The van der Waals surface area contributed by atoms with Gasteiger partial charge in [0.25, 0.3) is 5.91 Å². The Morgan fingerprint density at radius 1 is 1.26 bits per heavy atom. The zero-order valence-corrected chi connectivity index (χ0v) is 16.9. The van der Waals surface area contributed by atoms with Gasteiger partial charge in [-0.25, -0.2) is 9.18 Å². The van der Waals surface area contributed by atoms with Gasteiger partial charge in [-0.1, -0.05) is 6.07 Å². The number of thiophene rings is 1. The molecular formula is C20H25FN2O3S. The lowest BCUT2D eigenvalue weighted by molar-refractivity contribution is 0.0200. The average Bonchev–Trinajstić information content (AvgIpc) is 2.92. The fourth-order valence-corrected chi connectivity index (χ4v) is 4.38. The van der Waals surface area contributed by atoms with E-state index in [0.29, 0.717) is 41.8 Å². The number of carbonyl (C=O) groups is 2. The number of piperidine rings is 1. The summed E-state index contributed by atoms with van der Waals surface area (Å²) in [5, 5.41) is 3.56. The van der Waals surface area contributed by atoms with Crippen LogP contribution in [0.3, 0.4) is 0 Å². The number of amides is 2. The molecule has 0 spiro atoms. The number of likely N-dealkylation sites (tertiary alicyclic amines) is 1. The Morgan fingerprint density at radius 2 is 1.93 bits per heavy atom. The van der Waals surface area contributed by atoms with E-state index >= 15 is 0 Å². The molecule has 2 aromatic rings. The number of rotatable bonds is 2. The van der Waals surface area contributed by atoms with Gasteiger partial charge in [-0.05, 0) is 58.2 Å². The number of hydrogen-bond donors (Lipinski definition) is 1. The van der Waals surface area contributed by atoms with Gasteiger partial charge in [0.15, 0.2) is 0 Å². The van der Waals surface area contributed by atoms with Gasteiger partial charge < -0.3 is 15.0 Å². The van der Waals surface area contributed by atoms with E-state index in [1.807, 2.05) is 26.8 Å². The Bertz CT molecular complexity index is 864. The summed E-state index contributed by atoms with van der Waals surface area (Å²) in [5.41, 5.74) is 0.160. The highest BCUT2D eigenvalue weighted by Crippen LogP contribution is 2.32. The number of hydrogen-bond acceptors (Lipinski definition) is 4. The highest BCUT2D eigenvalue weighted by molar-refractivity contribution is 7.21. The molecule has 1 saturated heterocycles. The molecule has 27 heavy (non-hydrogen) atoms. The zero-order valence-electron chi connectivity index (χ0n) is 16.1. The van der Waals surface area contributed by atoms with E-state index in [-0.39, 0.29) is 23.9 Å². The molecule has 0 saturated carbocycles. The summed E-state index contributed by atoms with van der Waals surface area (Å²) < 4.78 is 20.2. The second kappa shape index (κ2) is 7.46. The van der Waals surface area contributed by atoms with Gasteiger partial charge in [-0.2, -0.15) is 0 Å². The number of halogens is 1. The minimum Gasteiger partial charge on any atom is -0.444 e. The molecule has 1 aromatic heterocycles. The second-order valence-electron chi connectivity index (χ2n) is 7.88. The summed E-state index contributed by atoms with van der Waals surface area (Å²) >= 11 is 1.31. The lowest BCUT2D eigenvalue weighted by atomic mass is 10.0. The largest absolute Gasteiger partial charge is 0.444 e. The zero-order chi connectivity index (χ0) is 19.8. The SMILES string of the molecule is Cc1c(C(=O)NC2CCN(C(=O)OC(C)(C)C)CC2)sc2cccc(F)c12. The topological polar surface area (TPSA) is 58.6 Å². The van der Waals surface area contributed by atoms with Gasteiger partial charge in [0.05, 0.1) is 4.88 Å². The van der Waals surface area contributed by atoms with Gasteiger partial charge in [0.2, 0.25) is 0 Å². The summed E-state index contributed by atoms with van der Waals surface area (Å²) in [6.45, 7) is 8.39. The molecule has 146 valence electrons. The number of benzene rings is 1. The number of fused-ring (bicyclic) bond motifs is 1. The third-order valence-corrected chi connectivity index (χ3v) is 5.85. The summed E-state index contributed by atoms with van der Waals surface area (Å²) in [6.07, 6.45) is 1.02. The van der Waals surface area contributed by atoms with Crippen molar-refractivity contribution in [1.29, 1.82) is 0 Å². The van der Waals surface area contributed by atoms with Crippen molar-refractivity contribution in [1.82, 2.24) is 10.2 Å². The first kappa shape index (κ1) is 19.6. The van der Waals surface area contributed by atoms with Crippen LogP contribution in [0.4, 0.5) is 9.18 Å². The van der Waals surface area contributed by atoms with Crippen LogP contribution in [0, 0.1) is 12.7 Å². The average molecular weight is 392 g/mol. The highest BCUT2D eigenvalue weighted by Gasteiger charge is 2.28. The Labute approximate surface area is 162 Å². The number of nitrogens with one attached hydrogen (secondary N) is 1. The fraction of sp³-hybridized carbons (Fsp3) is 0.500. The maximum atomic E-state index is 14.0. The van der Waals surface area contributed by atoms with Crippen molar-refractivity contribution in [2.45, 2.75) is 52.2 Å². The standard InChI is InChI=1S/C20H25FN2O3S/c1-12-16-14(21)6-5-7-15(16)27-17(12)18(24)22-13-8-10-23(11-9-13)19(25)26-20(2,3)4/h5-7,13H,8-11H2,1-4H3,(H,22,24). The van der Waals surface area contributed by atoms with E-state index in [0.717, 1.165) is 4.70 Å². The molecule has 0 aliphatic carbocycles. The molecule has 1 aliphatic heterocycles. The van der Waals surface area contributed by atoms with Gasteiger partial charge in [-0.3, -0.25) is 4.79 Å². The van der Waals surface area contributed by atoms with E-state index in [1.165, 1.54) is 17.4 Å². The molecule has 1 fully saturated rings. The molecule has 1 aliphatic rings. The number of ether oxygens (including phenoxy) is 1. The smallest absolute Gasteiger partial charge is 0.410 e. The lowest BCUT2D eigenvalue weighted by Crippen LogP contribution is -2.47. The van der Waals surface area contributed by atoms with Crippen molar-refractivity contribution < 1.29 is 18.7 Å². The molecule has 0 bridgehead atoms. The van der Waals surface area contributed by atoms with Crippen LogP contribution < -0.4 is 5.32 Å². The van der Waals surface area contributed by atoms with Crippen molar-refractivity contribution in [2.24, 2.45) is 0 Å². The third kappa shape index (κ3) is 4.40. The molecule has 3 rings (SSSR count). The van der Waals surface area contributed by atoms with Crippen LogP contribution in [0.5, 0.6) is 0 Å². The van der Waals surface area contributed by atoms with Gasteiger partial charge in [0.1, 0.15) is 11.4 Å². The van der Waals surface area contributed by atoms with E-state index in [4.69, 9.17) is 4.74 Å². The van der Waals surface area contributed by atoms with E-state index < -0.39 is 5.60 Å². The molecule has 7 heteroatoms. The predicted molar refractivity (Wildman–Crippen MR) is 105 cm³/mol. The van der Waals surface area contributed by atoms with Crippen molar-refractivity contribution in [3.63, 3.8) is 0 Å². The van der Waals surface area contributed by atoms with Crippen LogP contribution in [-0.4, -0.2) is 41.6 Å². The van der Waals surface area contributed by atoms with Gasteiger partial charge >= 0.3 is 6.09 Å². The molecule has 5 nitrogen and oxygen atoms in total. The normalized spacial score (nSPS) is 15.8. The Morgan fingerprint density at radius 3 is 2.52 bits per heavy atom. The summed E-state index contributed by atoms with van der Waals surface area (Å²) in [5.74, 6) is -0.477. The van der Waals surface area contributed by atoms with Crippen LogP contribution in [0.1, 0.15) is 48.8 Å². The van der Waals surface area contributed by atoms with Crippen LogP contribution >= 0.6 is 11.3 Å². The van der Waals surface area contributed by atoms with Crippen molar-refractivity contribution >= 4 is 33.4 Å². The first-order chi connectivity index (χ1) is 12.7. The van der Waals surface area contributed by atoms with Crippen molar-refractivity contribution in [2.75, 3.05) is 13.1 Å². The van der Waals surface area contributed by atoms with E-state index in [2.05, 4.69) is 5.32 Å². The Balaban J connectivity index is 1.61. The molecule has 1 aromatic carbocycles. The maximum Gasteiger partial charge on any atom is 0.410 e. The molecule has 2 heterocycles. The van der Waals surface area contributed by atoms with Crippen molar-refractivity contribution in [3.8, 4) is 0 Å². The molecule has 2 amide bonds. The van der Waals surface area contributed by atoms with Crippen molar-refractivity contribution in [3.05, 3.63) is 34.5 Å². The highest BCUT2D eigenvalue weighted by atomic mass is 32.1. The fourth-order valence-electron chi connectivity index (χ4n) is 3.25. The minimum atomic E-state index is -0.518. The number of aryl methyl sites for hydroxylation is 1. The molecule has 0 atom stereocenters. The van der Waals surface area contributed by atoms with E-state index in [9.17, 15) is 14.0 Å². The first-order valence-electron chi connectivity index (χ1n) is 9.12. The molecular weight excluding hydrogens is 367 g/mol. The Hall–Kier alpha value is -2.15. The van der Waals surface area contributed by atoms with Crippen LogP contribution in [0.25, 0.3) is 10.1 Å². The number of carbonyl (C=O) groups excluding carboxylic acids is 2. The molecule has 1 N–H and O–H groups in total. The molecule has 0 unspecified atom stereocenters. The second-order valence-corrected chi connectivity index (χ2v) is 8.94. The number of nitrogens with zero attached hydrogens (tertiary/aromatic N) is 1. The van der Waals surface area contributed by atoms with E-state index in [1.54, 1.807) is 17.9 Å². The summed E-state index contributed by atoms with van der Waals surface area (Å²) in [4.78, 5) is 27.0. The van der Waals surface area contributed by atoms with Gasteiger partial charge in [0, 0.05) is 29.2 Å². The Kier molecular flexibility index (Phi) is 5.42. The third-order valence-electron chi connectivity index (χ3n) is 4.59. The monoisotopic (exact) mass is 392 g/mol. The van der Waals surface area contributed by atoms with Crippen LogP contribution in [0.2, 0.25) is 0 Å². The minimum absolute atomic E-state index is 0.00866. The first-order valence-corrected chi connectivity index (χ1v) is 9.94.